The third kappa shape index (κ3) is 6.43. The minimum absolute atomic E-state index is 0.581. The van der Waals surface area contributed by atoms with Crippen LogP contribution in [0.25, 0.3) is 0 Å². The second-order valence-electron chi connectivity index (χ2n) is 5.01. The molecule has 1 rings (SSSR count). The Balaban J connectivity index is 2.22. The van der Waals surface area contributed by atoms with Gasteiger partial charge < -0.3 is 10.2 Å². The van der Waals surface area contributed by atoms with Crippen LogP contribution in [0.3, 0.4) is 0 Å². The van der Waals surface area contributed by atoms with Gasteiger partial charge in [-0.1, -0.05) is 26.0 Å². The monoisotopic (exact) mass is 266 g/mol. The van der Waals surface area contributed by atoms with E-state index in [0.717, 1.165) is 26.1 Å². The molecule has 0 heterocycles. The molecule has 0 aliphatic carbocycles. The van der Waals surface area contributed by atoms with E-state index in [-0.39, 0.29) is 0 Å². The molecular formula is C15H26N2S. The number of hydrogen-bond acceptors (Lipinski definition) is 3. The molecule has 0 spiro atoms. The SMILES string of the molecule is CSc1ccc(CCN(C)CCNC(C)C)cc1. The molecule has 1 aromatic rings. The maximum Gasteiger partial charge on any atom is 0.0104 e. The van der Waals surface area contributed by atoms with Crippen LogP contribution in [0.15, 0.2) is 29.2 Å². The molecule has 0 aromatic heterocycles. The minimum Gasteiger partial charge on any atom is -0.313 e. The Morgan fingerprint density at radius 1 is 1.17 bits per heavy atom. The van der Waals surface area contributed by atoms with Crippen LogP contribution >= 0.6 is 11.8 Å². The number of benzene rings is 1. The van der Waals surface area contributed by atoms with Crippen molar-refractivity contribution in [3.05, 3.63) is 29.8 Å². The second-order valence-corrected chi connectivity index (χ2v) is 5.89. The van der Waals surface area contributed by atoms with E-state index in [4.69, 9.17) is 0 Å². The second kappa shape index (κ2) is 8.57. The van der Waals surface area contributed by atoms with Crippen molar-refractivity contribution in [2.24, 2.45) is 0 Å². The average Bonchev–Trinajstić information content (AvgIpc) is 2.36. The van der Waals surface area contributed by atoms with Gasteiger partial charge >= 0.3 is 0 Å². The minimum atomic E-state index is 0.581. The van der Waals surface area contributed by atoms with Gasteiger partial charge in [-0.25, -0.2) is 0 Å². The van der Waals surface area contributed by atoms with Gasteiger partial charge in [0.1, 0.15) is 0 Å². The van der Waals surface area contributed by atoms with Gasteiger partial charge in [-0.05, 0) is 37.4 Å². The molecule has 0 saturated carbocycles. The van der Waals surface area contributed by atoms with Crippen molar-refractivity contribution >= 4 is 11.8 Å². The van der Waals surface area contributed by atoms with Crippen LogP contribution < -0.4 is 5.32 Å². The van der Waals surface area contributed by atoms with Gasteiger partial charge in [0.25, 0.3) is 0 Å². The Morgan fingerprint density at radius 2 is 1.83 bits per heavy atom. The summed E-state index contributed by atoms with van der Waals surface area (Å²) in [5, 5.41) is 3.45. The summed E-state index contributed by atoms with van der Waals surface area (Å²) >= 11 is 1.80. The maximum atomic E-state index is 3.45. The van der Waals surface area contributed by atoms with Gasteiger partial charge in [0, 0.05) is 30.6 Å². The number of likely N-dealkylation sites (N-methyl/N-ethyl adjacent to an activating group) is 1. The molecule has 0 aliphatic heterocycles. The maximum absolute atomic E-state index is 3.45. The van der Waals surface area contributed by atoms with Gasteiger partial charge in [0.2, 0.25) is 0 Å². The first-order chi connectivity index (χ1) is 8.61. The van der Waals surface area contributed by atoms with Crippen molar-refractivity contribution in [1.82, 2.24) is 10.2 Å². The average molecular weight is 266 g/mol. The van der Waals surface area contributed by atoms with Crippen LogP contribution in [-0.2, 0) is 6.42 Å². The van der Waals surface area contributed by atoms with Crippen LogP contribution in [0.4, 0.5) is 0 Å². The molecule has 1 N–H and O–H groups in total. The highest BCUT2D eigenvalue weighted by Crippen LogP contribution is 2.15. The van der Waals surface area contributed by atoms with Crippen LogP contribution in [0.5, 0.6) is 0 Å². The summed E-state index contributed by atoms with van der Waals surface area (Å²) < 4.78 is 0. The molecule has 0 bridgehead atoms. The first kappa shape index (κ1) is 15.5. The van der Waals surface area contributed by atoms with Crippen molar-refractivity contribution in [3.63, 3.8) is 0 Å². The predicted octanol–water partition coefficient (Wildman–Crippen LogP) is 2.88. The van der Waals surface area contributed by atoms with Crippen molar-refractivity contribution < 1.29 is 0 Å². The largest absolute Gasteiger partial charge is 0.313 e. The van der Waals surface area contributed by atoms with Gasteiger partial charge in [0.05, 0.1) is 0 Å². The highest BCUT2D eigenvalue weighted by Gasteiger charge is 2.00. The van der Waals surface area contributed by atoms with Crippen LogP contribution in [-0.4, -0.2) is 43.9 Å². The van der Waals surface area contributed by atoms with Crippen molar-refractivity contribution in [3.8, 4) is 0 Å². The molecule has 0 fully saturated rings. The van der Waals surface area contributed by atoms with E-state index in [1.807, 2.05) is 0 Å². The van der Waals surface area contributed by atoms with Crippen LogP contribution in [0.2, 0.25) is 0 Å². The lowest BCUT2D eigenvalue weighted by molar-refractivity contribution is 0.331. The number of thioether (sulfide) groups is 1. The van der Waals surface area contributed by atoms with E-state index >= 15 is 0 Å². The van der Waals surface area contributed by atoms with E-state index in [0.29, 0.717) is 6.04 Å². The van der Waals surface area contributed by atoms with E-state index in [1.54, 1.807) is 11.8 Å². The fraction of sp³-hybridized carbons (Fsp3) is 0.600. The molecule has 0 saturated heterocycles. The standard InChI is InChI=1S/C15H26N2S/c1-13(2)16-10-12-17(3)11-9-14-5-7-15(18-4)8-6-14/h5-8,13,16H,9-12H2,1-4H3. The molecule has 102 valence electrons. The Hall–Kier alpha value is -0.510. The fourth-order valence-electron chi connectivity index (χ4n) is 1.77. The topological polar surface area (TPSA) is 15.3 Å². The van der Waals surface area contributed by atoms with Gasteiger partial charge in [-0.15, -0.1) is 11.8 Å². The van der Waals surface area contributed by atoms with Gasteiger partial charge in [-0.2, -0.15) is 0 Å². The van der Waals surface area contributed by atoms with Crippen LogP contribution in [0.1, 0.15) is 19.4 Å². The molecule has 0 aliphatic rings. The summed E-state index contributed by atoms with van der Waals surface area (Å²) in [4.78, 5) is 3.73. The Labute approximate surface area is 116 Å². The summed E-state index contributed by atoms with van der Waals surface area (Å²) in [5.41, 5.74) is 1.43. The number of rotatable bonds is 8. The zero-order valence-electron chi connectivity index (χ0n) is 12.1. The van der Waals surface area contributed by atoms with E-state index < -0.39 is 0 Å². The quantitative estimate of drug-likeness (QED) is 0.728. The van der Waals surface area contributed by atoms with Gasteiger partial charge in [-0.3, -0.25) is 0 Å². The highest BCUT2D eigenvalue weighted by molar-refractivity contribution is 7.98. The molecule has 3 heteroatoms. The van der Waals surface area contributed by atoms with E-state index in [9.17, 15) is 0 Å². The summed E-state index contributed by atoms with van der Waals surface area (Å²) in [5.74, 6) is 0. The summed E-state index contributed by atoms with van der Waals surface area (Å²) in [6.45, 7) is 7.68. The van der Waals surface area contributed by atoms with Crippen molar-refractivity contribution in [2.75, 3.05) is 32.9 Å². The lowest BCUT2D eigenvalue weighted by Gasteiger charge is -2.18. The zero-order valence-corrected chi connectivity index (χ0v) is 12.9. The highest BCUT2D eigenvalue weighted by atomic mass is 32.2. The molecule has 0 radical (unpaired) electrons. The Kier molecular flexibility index (Phi) is 7.40. The Morgan fingerprint density at radius 3 is 2.39 bits per heavy atom. The molecule has 0 unspecified atom stereocenters. The summed E-state index contributed by atoms with van der Waals surface area (Å²) in [6.07, 6.45) is 3.25. The van der Waals surface area contributed by atoms with E-state index in [2.05, 4.69) is 61.6 Å². The Bertz CT molecular complexity index is 322. The van der Waals surface area contributed by atoms with Crippen LogP contribution in [0, 0.1) is 0 Å². The predicted molar refractivity (Wildman–Crippen MR) is 82.6 cm³/mol. The molecular weight excluding hydrogens is 240 g/mol. The van der Waals surface area contributed by atoms with Crippen molar-refractivity contribution in [1.29, 1.82) is 0 Å². The first-order valence-corrected chi connectivity index (χ1v) is 7.89. The molecule has 1 aromatic carbocycles. The molecule has 0 amide bonds. The van der Waals surface area contributed by atoms with Gasteiger partial charge in [0.15, 0.2) is 0 Å². The lowest BCUT2D eigenvalue weighted by Crippen LogP contribution is -2.33. The molecule has 2 nitrogen and oxygen atoms in total. The summed E-state index contributed by atoms with van der Waals surface area (Å²) in [7, 11) is 2.19. The number of hydrogen-bond donors (Lipinski definition) is 1. The van der Waals surface area contributed by atoms with Crippen molar-refractivity contribution in [2.45, 2.75) is 31.2 Å². The van der Waals surface area contributed by atoms with E-state index in [1.165, 1.54) is 10.5 Å². The molecule has 18 heavy (non-hydrogen) atoms. The zero-order chi connectivity index (χ0) is 13.4. The smallest absolute Gasteiger partial charge is 0.0104 e. The normalized spacial score (nSPS) is 11.4. The molecule has 0 atom stereocenters. The fourth-order valence-corrected chi connectivity index (χ4v) is 2.18. The lowest BCUT2D eigenvalue weighted by atomic mass is 10.1. The summed E-state index contributed by atoms with van der Waals surface area (Å²) in [6, 6.07) is 9.48. The number of nitrogens with zero attached hydrogens (tertiary/aromatic N) is 1. The first-order valence-electron chi connectivity index (χ1n) is 6.66. The third-order valence-electron chi connectivity index (χ3n) is 2.99. The third-order valence-corrected chi connectivity index (χ3v) is 3.73. The number of nitrogens with one attached hydrogen (secondary N) is 1.